The van der Waals surface area contributed by atoms with Gasteiger partial charge in [-0.05, 0) is 31.7 Å². The van der Waals surface area contributed by atoms with Gasteiger partial charge in [-0.15, -0.1) is 0 Å². The molecule has 8 nitrogen and oxygen atoms in total. The Morgan fingerprint density at radius 3 is 2.43 bits per heavy atom. The van der Waals surface area contributed by atoms with Crippen LogP contribution in [0.15, 0.2) is 12.3 Å². The summed E-state index contributed by atoms with van der Waals surface area (Å²) in [6, 6.07) is 1.11. The normalized spacial score (nSPS) is 21.8. The molecule has 0 aromatic carbocycles. The molecule has 4 rings (SSSR count). The zero-order chi connectivity index (χ0) is 19.9. The third-order valence-electron chi connectivity index (χ3n) is 6.41. The fraction of sp³-hybridized carbons (Fsp3) is 0.600. The second-order valence-corrected chi connectivity index (χ2v) is 8.05. The zero-order valence-corrected chi connectivity index (χ0v) is 16.2. The highest BCUT2D eigenvalue weighted by atomic mass is 16.2. The van der Waals surface area contributed by atoms with Crippen molar-refractivity contribution in [3.63, 3.8) is 0 Å². The lowest BCUT2D eigenvalue weighted by molar-refractivity contribution is -0.134. The van der Waals surface area contributed by atoms with Gasteiger partial charge in [0.15, 0.2) is 5.78 Å². The van der Waals surface area contributed by atoms with Gasteiger partial charge in [0, 0.05) is 31.9 Å². The molecule has 0 atom stereocenters. The van der Waals surface area contributed by atoms with Crippen molar-refractivity contribution in [2.45, 2.75) is 50.5 Å². The second kappa shape index (κ2) is 7.07. The number of carbonyl (C=O) groups is 4. The highest BCUT2D eigenvalue weighted by Crippen LogP contribution is 2.39. The summed E-state index contributed by atoms with van der Waals surface area (Å²) in [5.41, 5.74) is -0.106. The van der Waals surface area contributed by atoms with Crippen LogP contribution in [0.1, 0.15) is 65.8 Å². The molecule has 150 valence electrons. The monoisotopic (exact) mass is 386 g/mol. The van der Waals surface area contributed by atoms with E-state index in [2.05, 4.69) is 4.98 Å². The molecular formula is C20H26N4O4. The molecule has 28 heavy (non-hydrogen) atoms. The number of hydrogen-bond donors (Lipinski definition) is 1. The molecule has 3 fully saturated rings. The Labute approximate surface area is 163 Å². The quantitative estimate of drug-likeness (QED) is 0.633. The molecule has 8 heteroatoms. The van der Waals surface area contributed by atoms with Gasteiger partial charge in [0.1, 0.15) is 11.2 Å². The molecule has 1 aromatic rings. The Bertz CT molecular complexity index is 818. The minimum atomic E-state index is -0.787. The maximum atomic E-state index is 13.0. The smallest absolute Gasteiger partial charge is 0.327 e. The summed E-state index contributed by atoms with van der Waals surface area (Å²) in [4.78, 5) is 58.0. The largest absolute Gasteiger partial charge is 0.356 e. The summed E-state index contributed by atoms with van der Waals surface area (Å²) in [5, 5.41) is 0. The molecule has 2 aliphatic heterocycles. The summed E-state index contributed by atoms with van der Waals surface area (Å²) in [5.74, 6) is -0.734. The van der Waals surface area contributed by atoms with Crippen molar-refractivity contribution < 1.29 is 19.2 Å². The van der Waals surface area contributed by atoms with E-state index in [0.717, 1.165) is 50.1 Å². The predicted octanol–water partition coefficient (Wildman–Crippen LogP) is 2.03. The van der Waals surface area contributed by atoms with Crippen LogP contribution in [-0.4, -0.2) is 75.5 Å². The number of carbonyl (C=O) groups excluding carboxylic acids is 4. The van der Waals surface area contributed by atoms with E-state index in [1.54, 1.807) is 11.9 Å². The molecule has 1 aliphatic carbocycles. The molecule has 0 unspecified atom stereocenters. The minimum absolute atomic E-state index is 0.120. The molecule has 0 radical (unpaired) electrons. The fourth-order valence-electron chi connectivity index (χ4n) is 4.68. The minimum Gasteiger partial charge on any atom is -0.356 e. The number of nitrogens with zero attached hydrogens (tertiary/aromatic N) is 3. The SMILES string of the molecule is CN1C(=O)N(CC(=O)c2c[nH]c(C(=O)N3CCCC3)c2)C(=O)C12CCCCC2. The summed E-state index contributed by atoms with van der Waals surface area (Å²) < 4.78 is 0. The number of aromatic nitrogens is 1. The van der Waals surface area contributed by atoms with Crippen LogP contribution >= 0.6 is 0 Å². The van der Waals surface area contributed by atoms with Crippen LogP contribution in [-0.2, 0) is 4.79 Å². The van der Waals surface area contributed by atoms with Crippen LogP contribution in [0, 0.1) is 0 Å². The second-order valence-electron chi connectivity index (χ2n) is 8.05. The molecule has 1 saturated carbocycles. The molecule has 1 N–H and O–H groups in total. The number of ketones is 1. The predicted molar refractivity (Wildman–Crippen MR) is 101 cm³/mol. The maximum absolute atomic E-state index is 13.0. The molecule has 3 aliphatic rings. The Morgan fingerprint density at radius 1 is 1.07 bits per heavy atom. The number of rotatable bonds is 4. The number of amides is 4. The van der Waals surface area contributed by atoms with E-state index in [1.807, 2.05) is 0 Å². The molecule has 1 spiro atoms. The van der Waals surface area contributed by atoms with Crippen LogP contribution in [0.5, 0.6) is 0 Å². The van der Waals surface area contributed by atoms with E-state index in [1.165, 1.54) is 17.2 Å². The number of likely N-dealkylation sites (tertiary alicyclic amines) is 1. The molecule has 0 bridgehead atoms. The van der Waals surface area contributed by atoms with Gasteiger partial charge in [-0.25, -0.2) is 4.79 Å². The first-order chi connectivity index (χ1) is 13.4. The van der Waals surface area contributed by atoms with E-state index < -0.39 is 11.6 Å². The molecule has 4 amide bonds. The lowest BCUT2D eigenvalue weighted by atomic mass is 9.81. The van der Waals surface area contributed by atoms with E-state index in [0.29, 0.717) is 24.1 Å². The molecular weight excluding hydrogens is 360 g/mol. The zero-order valence-electron chi connectivity index (χ0n) is 16.2. The Morgan fingerprint density at radius 2 is 1.75 bits per heavy atom. The van der Waals surface area contributed by atoms with Gasteiger partial charge in [-0.2, -0.15) is 0 Å². The van der Waals surface area contributed by atoms with Gasteiger partial charge in [0.25, 0.3) is 11.8 Å². The van der Waals surface area contributed by atoms with E-state index >= 15 is 0 Å². The highest BCUT2D eigenvalue weighted by molar-refractivity contribution is 6.11. The van der Waals surface area contributed by atoms with Crippen molar-refractivity contribution in [3.05, 3.63) is 23.5 Å². The Kier molecular flexibility index (Phi) is 4.72. The first-order valence-electron chi connectivity index (χ1n) is 10.0. The lowest BCUT2D eigenvalue weighted by Gasteiger charge is -2.35. The molecule has 3 heterocycles. The number of Topliss-reactive ketones (excluding diaryl/α,β-unsaturated/α-hetero) is 1. The standard InChI is InChI=1S/C20H26N4O4/c1-22-19(28)24(18(27)20(22)7-3-2-4-8-20)13-16(25)14-11-15(21-12-14)17(26)23-9-5-6-10-23/h11-12,21H,2-10,13H2,1H3. The molecule has 1 aromatic heterocycles. The van der Waals surface area contributed by atoms with Gasteiger partial charge in [-0.1, -0.05) is 19.3 Å². The van der Waals surface area contributed by atoms with Gasteiger partial charge in [-0.3, -0.25) is 19.3 Å². The van der Waals surface area contributed by atoms with Crippen LogP contribution in [0.2, 0.25) is 0 Å². The number of likely N-dealkylation sites (N-methyl/N-ethyl adjacent to an activating group) is 1. The summed E-state index contributed by atoms with van der Waals surface area (Å²) in [6.07, 6.45) is 7.65. The van der Waals surface area contributed by atoms with Crippen molar-refractivity contribution >= 4 is 23.6 Å². The number of H-pyrrole nitrogens is 1. The van der Waals surface area contributed by atoms with Gasteiger partial charge >= 0.3 is 6.03 Å². The van der Waals surface area contributed by atoms with Crippen molar-refractivity contribution in [2.24, 2.45) is 0 Å². The van der Waals surface area contributed by atoms with Gasteiger partial charge in [0.2, 0.25) is 0 Å². The van der Waals surface area contributed by atoms with Crippen LogP contribution < -0.4 is 0 Å². The average Bonchev–Trinajstić information content (AvgIpc) is 3.44. The van der Waals surface area contributed by atoms with E-state index in [9.17, 15) is 19.2 Å². The number of nitrogens with one attached hydrogen (secondary N) is 1. The summed E-state index contributed by atoms with van der Waals surface area (Å²) >= 11 is 0. The van der Waals surface area contributed by atoms with Gasteiger partial charge in [0.05, 0.1) is 6.54 Å². The number of urea groups is 1. The lowest BCUT2D eigenvalue weighted by Crippen LogP contribution is -2.49. The Hall–Kier alpha value is -2.64. The fourth-order valence-corrected chi connectivity index (χ4v) is 4.68. The van der Waals surface area contributed by atoms with Crippen LogP contribution in [0.4, 0.5) is 4.79 Å². The van der Waals surface area contributed by atoms with E-state index in [4.69, 9.17) is 0 Å². The van der Waals surface area contributed by atoms with Crippen molar-refractivity contribution in [3.8, 4) is 0 Å². The third-order valence-corrected chi connectivity index (χ3v) is 6.41. The van der Waals surface area contributed by atoms with Crippen molar-refractivity contribution in [1.29, 1.82) is 0 Å². The van der Waals surface area contributed by atoms with Gasteiger partial charge < -0.3 is 14.8 Å². The average molecular weight is 386 g/mol. The number of aromatic amines is 1. The summed E-state index contributed by atoms with van der Waals surface area (Å²) in [7, 11) is 1.65. The molecule has 2 saturated heterocycles. The van der Waals surface area contributed by atoms with Crippen molar-refractivity contribution in [1.82, 2.24) is 19.7 Å². The number of imide groups is 1. The van der Waals surface area contributed by atoms with Crippen LogP contribution in [0.3, 0.4) is 0 Å². The number of hydrogen-bond acceptors (Lipinski definition) is 4. The first kappa shape index (κ1) is 18.7. The third kappa shape index (κ3) is 2.91. The van der Waals surface area contributed by atoms with Crippen LogP contribution in [0.25, 0.3) is 0 Å². The highest BCUT2D eigenvalue weighted by Gasteiger charge is 2.55. The maximum Gasteiger partial charge on any atom is 0.327 e. The van der Waals surface area contributed by atoms with Crippen molar-refractivity contribution in [2.75, 3.05) is 26.7 Å². The summed E-state index contributed by atoms with van der Waals surface area (Å²) in [6.45, 7) is 1.16. The Balaban J connectivity index is 1.47. The first-order valence-corrected chi connectivity index (χ1v) is 10.0. The topological polar surface area (TPSA) is 93.8 Å². The van der Waals surface area contributed by atoms with E-state index in [-0.39, 0.29) is 24.1 Å².